The van der Waals surface area contributed by atoms with Gasteiger partial charge >= 0.3 is 6.18 Å². The molecule has 1 aromatic heterocycles. The Labute approximate surface area is 147 Å². The molecular formula is C18H13F3N4O. The molecule has 132 valence electrons. The number of benzene rings is 2. The van der Waals surface area contributed by atoms with Crippen molar-refractivity contribution in [1.82, 2.24) is 15.4 Å². The van der Waals surface area contributed by atoms with Crippen molar-refractivity contribution in [2.45, 2.75) is 19.7 Å². The minimum atomic E-state index is -4.56. The molecule has 0 unspecified atom stereocenters. The fourth-order valence-electron chi connectivity index (χ4n) is 2.42. The zero-order chi connectivity index (χ0) is 18.7. The van der Waals surface area contributed by atoms with Crippen molar-refractivity contribution in [1.29, 1.82) is 5.26 Å². The predicted octanol–water partition coefficient (Wildman–Crippen LogP) is 4.25. The molecule has 0 aliphatic heterocycles. The first kappa shape index (κ1) is 17.5. The molecule has 3 aromatic rings. The highest BCUT2D eigenvalue weighted by molar-refractivity contribution is 5.67. The lowest BCUT2D eigenvalue weighted by Gasteiger charge is -2.13. The summed E-state index contributed by atoms with van der Waals surface area (Å²) in [5.41, 5.74) is 1.08. The third-order valence-electron chi connectivity index (χ3n) is 3.82. The second kappa shape index (κ2) is 6.88. The van der Waals surface area contributed by atoms with E-state index >= 15 is 0 Å². The summed E-state index contributed by atoms with van der Waals surface area (Å²) in [6, 6.07) is 12.5. The van der Waals surface area contributed by atoms with Gasteiger partial charge in [-0.3, -0.25) is 0 Å². The molecule has 0 atom stereocenters. The van der Waals surface area contributed by atoms with Crippen LogP contribution in [0.4, 0.5) is 13.2 Å². The molecule has 0 amide bonds. The smallest absolute Gasteiger partial charge is 0.416 e. The highest BCUT2D eigenvalue weighted by atomic mass is 19.4. The zero-order valence-electron chi connectivity index (χ0n) is 13.6. The standard InChI is InChI=1S/C18H13F3N4O/c1-11-4-2-3-5-12(11)10-26-15-7-13(6-14(8-15)18(19,20)21)17-16(9-22)23-25-24-17/h2-8H,10H2,1H3,(H,23,24,25). The van der Waals surface area contributed by atoms with Crippen LogP contribution in [0, 0.1) is 18.3 Å². The van der Waals surface area contributed by atoms with Crippen molar-refractivity contribution in [3.05, 3.63) is 64.8 Å². The highest BCUT2D eigenvalue weighted by Gasteiger charge is 2.32. The van der Waals surface area contributed by atoms with Gasteiger partial charge in [-0.05, 0) is 36.2 Å². The van der Waals surface area contributed by atoms with Crippen molar-refractivity contribution in [2.24, 2.45) is 0 Å². The molecule has 1 N–H and O–H groups in total. The number of nitrogens with zero attached hydrogens (tertiary/aromatic N) is 3. The van der Waals surface area contributed by atoms with E-state index in [1.807, 2.05) is 37.3 Å². The average molecular weight is 358 g/mol. The first-order valence-electron chi connectivity index (χ1n) is 7.59. The third-order valence-corrected chi connectivity index (χ3v) is 3.82. The molecule has 3 rings (SSSR count). The fourth-order valence-corrected chi connectivity index (χ4v) is 2.42. The Morgan fingerprint density at radius 2 is 1.96 bits per heavy atom. The summed E-state index contributed by atoms with van der Waals surface area (Å²) >= 11 is 0. The van der Waals surface area contributed by atoms with Crippen LogP contribution in [0.2, 0.25) is 0 Å². The van der Waals surface area contributed by atoms with Gasteiger partial charge < -0.3 is 4.74 Å². The number of H-pyrrole nitrogens is 1. The predicted molar refractivity (Wildman–Crippen MR) is 87.0 cm³/mol. The van der Waals surface area contributed by atoms with Crippen LogP contribution in [-0.2, 0) is 12.8 Å². The highest BCUT2D eigenvalue weighted by Crippen LogP contribution is 2.36. The summed E-state index contributed by atoms with van der Waals surface area (Å²) in [5.74, 6) is 0.0324. The van der Waals surface area contributed by atoms with E-state index in [4.69, 9.17) is 10.00 Å². The molecule has 0 bridgehead atoms. The van der Waals surface area contributed by atoms with Crippen LogP contribution in [0.1, 0.15) is 22.4 Å². The number of ether oxygens (including phenoxy) is 1. The van der Waals surface area contributed by atoms with E-state index in [2.05, 4.69) is 15.4 Å². The Balaban J connectivity index is 1.98. The third kappa shape index (κ3) is 3.67. The summed E-state index contributed by atoms with van der Waals surface area (Å²) in [5, 5.41) is 18.6. The molecule has 0 aliphatic rings. The maximum Gasteiger partial charge on any atom is 0.416 e. The largest absolute Gasteiger partial charge is 0.489 e. The normalized spacial score (nSPS) is 11.2. The van der Waals surface area contributed by atoms with Crippen molar-refractivity contribution in [3.8, 4) is 23.1 Å². The number of halogens is 3. The number of rotatable bonds is 4. The lowest BCUT2D eigenvalue weighted by atomic mass is 10.1. The van der Waals surface area contributed by atoms with Crippen LogP contribution in [-0.4, -0.2) is 15.4 Å². The van der Waals surface area contributed by atoms with Gasteiger partial charge in [-0.2, -0.15) is 18.4 Å². The van der Waals surface area contributed by atoms with Crippen molar-refractivity contribution in [3.63, 3.8) is 0 Å². The van der Waals surface area contributed by atoms with E-state index in [-0.39, 0.29) is 29.3 Å². The van der Waals surface area contributed by atoms with Crippen LogP contribution in [0.15, 0.2) is 42.5 Å². The summed E-state index contributed by atoms with van der Waals surface area (Å²) in [6.45, 7) is 2.02. The maximum absolute atomic E-state index is 13.2. The molecule has 0 radical (unpaired) electrons. The summed E-state index contributed by atoms with van der Waals surface area (Å²) in [6.07, 6.45) is -4.56. The number of hydrogen-bond acceptors (Lipinski definition) is 4. The van der Waals surface area contributed by atoms with Crippen LogP contribution in [0.25, 0.3) is 11.3 Å². The van der Waals surface area contributed by atoms with Crippen LogP contribution in [0.5, 0.6) is 5.75 Å². The Morgan fingerprint density at radius 3 is 2.65 bits per heavy atom. The summed E-state index contributed by atoms with van der Waals surface area (Å²) in [7, 11) is 0. The van der Waals surface area contributed by atoms with Gasteiger partial charge in [0.2, 0.25) is 0 Å². The van der Waals surface area contributed by atoms with E-state index in [0.29, 0.717) is 0 Å². The monoisotopic (exact) mass is 358 g/mol. The fraction of sp³-hybridized carbons (Fsp3) is 0.167. The molecule has 26 heavy (non-hydrogen) atoms. The molecule has 0 fully saturated rings. The number of nitrogens with one attached hydrogen (secondary N) is 1. The number of aromatic nitrogens is 3. The number of hydrogen-bond donors (Lipinski definition) is 1. The zero-order valence-corrected chi connectivity index (χ0v) is 13.6. The SMILES string of the molecule is Cc1ccccc1COc1cc(-c2nn[nH]c2C#N)cc(C(F)(F)F)c1. The summed E-state index contributed by atoms with van der Waals surface area (Å²) < 4.78 is 45.3. The van der Waals surface area contributed by atoms with Crippen LogP contribution < -0.4 is 4.74 Å². The molecule has 8 heteroatoms. The van der Waals surface area contributed by atoms with Crippen molar-refractivity contribution in [2.75, 3.05) is 0 Å². The van der Waals surface area contributed by atoms with Crippen molar-refractivity contribution < 1.29 is 17.9 Å². The minimum Gasteiger partial charge on any atom is -0.489 e. The van der Waals surface area contributed by atoms with Crippen LogP contribution in [0.3, 0.4) is 0 Å². The Morgan fingerprint density at radius 1 is 1.19 bits per heavy atom. The average Bonchev–Trinajstić information content (AvgIpc) is 3.09. The second-order valence-corrected chi connectivity index (χ2v) is 5.61. The number of aryl methyl sites for hydroxylation is 1. The molecule has 0 spiro atoms. The van der Waals surface area contributed by atoms with Gasteiger partial charge in [-0.25, -0.2) is 5.10 Å². The van der Waals surface area contributed by atoms with Gasteiger partial charge in [0, 0.05) is 5.56 Å². The van der Waals surface area contributed by atoms with E-state index in [0.717, 1.165) is 23.3 Å². The molecule has 0 saturated heterocycles. The van der Waals surface area contributed by atoms with Gasteiger partial charge in [-0.1, -0.05) is 29.5 Å². The number of aromatic amines is 1. The minimum absolute atomic E-state index is 0.0193. The van der Waals surface area contributed by atoms with Gasteiger partial charge in [0.15, 0.2) is 5.69 Å². The Bertz CT molecular complexity index is 973. The van der Waals surface area contributed by atoms with Gasteiger partial charge in [0.25, 0.3) is 0 Å². The van der Waals surface area contributed by atoms with Crippen molar-refractivity contribution >= 4 is 0 Å². The first-order valence-corrected chi connectivity index (χ1v) is 7.59. The van der Waals surface area contributed by atoms with E-state index in [9.17, 15) is 13.2 Å². The number of nitriles is 1. The van der Waals surface area contributed by atoms with Gasteiger partial charge in [0.05, 0.1) is 5.56 Å². The number of alkyl halides is 3. The first-order chi connectivity index (χ1) is 12.4. The second-order valence-electron chi connectivity index (χ2n) is 5.61. The van der Waals surface area contributed by atoms with Crippen LogP contribution >= 0.6 is 0 Å². The lowest BCUT2D eigenvalue weighted by molar-refractivity contribution is -0.137. The molecule has 1 heterocycles. The Hall–Kier alpha value is -3.34. The molecular weight excluding hydrogens is 345 g/mol. The Kier molecular flexibility index (Phi) is 4.63. The molecule has 5 nitrogen and oxygen atoms in total. The topological polar surface area (TPSA) is 74.6 Å². The molecule has 0 saturated carbocycles. The molecule has 2 aromatic carbocycles. The quantitative estimate of drug-likeness (QED) is 0.757. The van der Waals surface area contributed by atoms with Gasteiger partial charge in [0.1, 0.15) is 24.1 Å². The van der Waals surface area contributed by atoms with E-state index in [1.165, 1.54) is 6.07 Å². The van der Waals surface area contributed by atoms with E-state index in [1.54, 1.807) is 0 Å². The summed E-state index contributed by atoms with van der Waals surface area (Å²) in [4.78, 5) is 0. The molecule has 0 aliphatic carbocycles. The van der Waals surface area contributed by atoms with E-state index < -0.39 is 11.7 Å². The lowest BCUT2D eigenvalue weighted by Crippen LogP contribution is -2.06. The maximum atomic E-state index is 13.2. The van der Waals surface area contributed by atoms with Gasteiger partial charge in [-0.15, -0.1) is 5.10 Å².